The molecule has 0 spiro atoms. The first-order chi connectivity index (χ1) is 10.8. The SMILES string of the molecule is C[C@H](CC(=O)N1CCC[C@H]1c1ccc[nH]1)NC(=O)OC(C)(C)C. The topological polar surface area (TPSA) is 74.4 Å². The summed E-state index contributed by atoms with van der Waals surface area (Å²) in [5.74, 6) is 0.0608. The Kier molecular flexibility index (Phi) is 5.34. The molecule has 6 heteroatoms. The van der Waals surface area contributed by atoms with Gasteiger partial charge < -0.3 is 19.9 Å². The average molecular weight is 321 g/mol. The molecule has 2 heterocycles. The van der Waals surface area contributed by atoms with Gasteiger partial charge in [-0.1, -0.05) is 0 Å². The second kappa shape index (κ2) is 7.06. The van der Waals surface area contributed by atoms with Crippen molar-refractivity contribution in [3.63, 3.8) is 0 Å². The van der Waals surface area contributed by atoms with Crippen molar-refractivity contribution in [3.05, 3.63) is 24.0 Å². The van der Waals surface area contributed by atoms with Crippen molar-refractivity contribution in [3.8, 4) is 0 Å². The highest BCUT2D eigenvalue weighted by molar-refractivity contribution is 5.78. The van der Waals surface area contributed by atoms with Gasteiger partial charge in [-0.05, 0) is 52.7 Å². The maximum absolute atomic E-state index is 12.5. The number of aromatic nitrogens is 1. The second-order valence-corrected chi connectivity index (χ2v) is 7.12. The summed E-state index contributed by atoms with van der Waals surface area (Å²) < 4.78 is 5.22. The molecule has 2 N–H and O–H groups in total. The van der Waals surface area contributed by atoms with Crippen LogP contribution in [0.3, 0.4) is 0 Å². The van der Waals surface area contributed by atoms with Gasteiger partial charge in [-0.25, -0.2) is 4.79 Å². The van der Waals surface area contributed by atoms with Crippen LogP contribution in [0.15, 0.2) is 18.3 Å². The van der Waals surface area contributed by atoms with Crippen molar-refractivity contribution in [2.24, 2.45) is 0 Å². The molecule has 0 bridgehead atoms. The normalized spacial score (nSPS) is 19.5. The Morgan fingerprint density at radius 1 is 1.48 bits per heavy atom. The van der Waals surface area contributed by atoms with E-state index in [0.29, 0.717) is 0 Å². The maximum Gasteiger partial charge on any atom is 0.407 e. The molecule has 23 heavy (non-hydrogen) atoms. The Labute approximate surface area is 137 Å². The van der Waals surface area contributed by atoms with Crippen LogP contribution >= 0.6 is 0 Å². The van der Waals surface area contributed by atoms with E-state index < -0.39 is 11.7 Å². The molecular weight excluding hydrogens is 294 g/mol. The number of carbonyl (C=O) groups excluding carboxylic acids is 2. The highest BCUT2D eigenvalue weighted by Crippen LogP contribution is 2.31. The number of carbonyl (C=O) groups is 2. The zero-order valence-corrected chi connectivity index (χ0v) is 14.4. The number of rotatable bonds is 4. The quantitative estimate of drug-likeness (QED) is 0.895. The zero-order valence-electron chi connectivity index (χ0n) is 14.4. The molecule has 0 saturated carbocycles. The number of nitrogens with one attached hydrogen (secondary N) is 2. The minimum Gasteiger partial charge on any atom is -0.444 e. The standard InChI is InChI=1S/C17H27N3O3/c1-12(19-16(22)23-17(2,3)4)11-15(21)20-10-6-8-14(20)13-7-5-9-18-13/h5,7,9,12,14,18H,6,8,10-11H2,1-4H3,(H,19,22)/t12-,14+/m1/s1. The third-order valence-electron chi connectivity index (χ3n) is 3.80. The predicted molar refractivity (Wildman–Crippen MR) is 87.9 cm³/mol. The molecule has 0 radical (unpaired) electrons. The molecule has 1 aromatic rings. The number of nitrogens with zero attached hydrogens (tertiary/aromatic N) is 1. The molecule has 2 rings (SSSR count). The van der Waals surface area contributed by atoms with E-state index in [-0.39, 0.29) is 24.4 Å². The van der Waals surface area contributed by atoms with E-state index >= 15 is 0 Å². The van der Waals surface area contributed by atoms with Gasteiger partial charge >= 0.3 is 6.09 Å². The Hall–Kier alpha value is -1.98. The third-order valence-corrected chi connectivity index (χ3v) is 3.80. The van der Waals surface area contributed by atoms with Crippen molar-refractivity contribution in [1.82, 2.24) is 15.2 Å². The van der Waals surface area contributed by atoms with Crippen LogP contribution in [0.2, 0.25) is 0 Å². The van der Waals surface area contributed by atoms with Crippen molar-refractivity contribution in [1.29, 1.82) is 0 Å². The van der Waals surface area contributed by atoms with Gasteiger partial charge in [-0.2, -0.15) is 0 Å². The van der Waals surface area contributed by atoms with Crippen LogP contribution in [0.1, 0.15) is 58.7 Å². The van der Waals surface area contributed by atoms with Crippen LogP contribution in [0.25, 0.3) is 0 Å². The summed E-state index contributed by atoms with van der Waals surface area (Å²) in [4.78, 5) is 29.4. The fraction of sp³-hybridized carbons (Fsp3) is 0.647. The van der Waals surface area contributed by atoms with Crippen molar-refractivity contribution in [2.75, 3.05) is 6.54 Å². The van der Waals surface area contributed by atoms with Crippen molar-refractivity contribution >= 4 is 12.0 Å². The smallest absolute Gasteiger partial charge is 0.407 e. The summed E-state index contributed by atoms with van der Waals surface area (Å²) in [5, 5.41) is 2.72. The first kappa shape index (κ1) is 17.4. The molecule has 1 saturated heterocycles. The third kappa shape index (κ3) is 5.01. The zero-order chi connectivity index (χ0) is 17.0. The summed E-state index contributed by atoms with van der Waals surface area (Å²) in [5.41, 5.74) is 0.533. The molecule has 2 amide bonds. The van der Waals surface area contributed by atoms with Gasteiger partial charge in [0.25, 0.3) is 0 Å². The van der Waals surface area contributed by atoms with E-state index in [1.807, 2.05) is 50.9 Å². The number of aromatic amines is 1. The van der Waals surface area contributed by atoms with E-state index in [9.17, 15) is 9.59 Å². The number of H-pyrrole nitrogens is 1. The van der Waals surface area contributed by atoms with Crippen LogP contribution in [-0.2, 0) is 9.53 Å². The van der Waals surface area contributed by atoms with E-state index in [4.69, 9.17) is 4.74 Å². The maximum atomic E-state index is 12.5. The lowest BCUT2D eigenvalue weighted by atomic mass is 10.1. The van der Waals surface area contributed by atoms with E-state index in [2.05, 4.69) is 10.3 Å². The highest BCUT2D eigenvalue weighted by Gasteiger charge is 2.31. The number of hydrogen-bond donors (Lipinski definition) is 2. The van der Waals surface area contributed by atoms with Crippen LogP contribution < -0.4 is 5.32 Å². The van der Waals surface area contributed by atoms with Gasteiger partial charge in [-0.3, -0.25) is 4.79 Å². The van der Waals surface area contributed by atoms with Gasteiger partial charge in [0.2, 0.25) is 5.91 Å². The molecule has 1 aromatic heterocycles. The monoisotopic (exact) mass is 321 g/mol. The fourth-order valence-electron chi connectivity index (χ4n) is 2.88. The van der Waals surface area contributed by atoms with Gasteiger partial charge in [0.15, 0.2) is 0 Å². The average Bonchev–Trinajstić information content (AvgIpc) is 3.07. The molecule has 0 aliphatic carbocycles. The molecule has 1 aliphatic rings. The van der Waals surface area contributed by atoms with E-state index in [0.717, 1.165) is 25.1 Å². The van der Waals surface area contributed by atoms with Crippen LogP contribution in [0.5, 0.6) is 0 Å². The molecule has 1 aliphatic heterocycles. The number of likely N-dealkylation sites (tertiary alicyclic amines) is 1. The van der Waals surface area contributed by atoms with E-state index in [1.54, 1.807) is 0 Å². The first-order valence-electron chi connectivity index (χ1n) is 8.18. The lowest BCUT2D eigenvalue weighted by molar-refractivity contribution is -0.132. The molecule has 6 nitrogen and oxygen atoms in total. The Morgan fingerprint density at radius 2 is 2.22 bits per heavy atom. The summed E-state index contributed by atoms with van der Waals surface area (Å²) in [6.07, 6.45) is 3.64. The number of ether oxygens (including phenoxy) is 1. The lowest BCUT2D eigenvalue weighted by Crippen LogP contribution is -2.41. The molecule has 2 atom stereocenters. The minimum absolute atomic E-state index is 0.0608. The van der Waals surface area contributed by atoms with Crippen molar-refractivity contribution in [2.45, 2.75) is 64.6 Å². The number of amides is 2. The van der Waals surface area contributed by atoms with Crippen LogP contribution in [0.4, 0.5) is 4.79 Å². The predicted octanol–water partition coefficient (Wildman–Crippen LogP) is 2.98. The Balaban J connectivity index is 1.87. The summed E-state index contributed by atoms with van der Waals surface area (Å²) >= 11 is 0. The number of alkyl carbamates (subject to hydrolysis) is 1. The first-order valence-corrected chi connectivity index (χ1v) is 8.18. The summed E-state index contributed by atoms with van der Waals surface area (Å²) in [6.45, 7) is 8.03. The Bertz CT molecular complexity index is 534. The highest BCUT2D eigenvalue weighted by atomic mass is 16.6. The summed E-state index contributed by atoms with van der Waals surface area (Å²) in [6, 6.07) is 3.82. The molecular formula is C17H27N3O3. The van der Waals surface area contributed by atoms with Gasteiger partial charge in [-0.15, -0.1) is 0 Å². The van der Waals surface area contributed by atoms with Gasteiger partial charge in [0.05, 0.1) is 6.04 Å². The van der Waals surface area contributed by atoms with Gasteiger partial charge in [0, 0.05) is 30.9 Å². The van der Waals surface area contributed by atoms with Gasteiger partial charge in [0.1, 0.15) is 5.60 Å². The molecule has 0 aromatic carbocycles. The lowest BCUT2D eigenvalue weighted by Gasteiger charge is -2.26. The fourth-order valence-corrected chi connectivity index (χ4v) is 2.88. The van der Waals surface area contributed by atoms with Crippen LogP contribution in [-0.4, -0.2) is 40.1 Å². The Morgan fingerprint density at radius 3 is 2.83 bits per heavy atom. The molecule has 128 valence electrons. The summed E-state index contributed by atoms with van der Waals surface area (Å²) in [7, 11) is 0. The van der Waals surface area contributed by atoms with Crippen LogP contribution in [0, 0.1) is 0 Å². The molecule has 1 fully saturated rings. The second-order valence-electron chi connectivity index (χ2n) is 7.12. The largest absolute Gasteiger partial charge is 0.444 e. The van der Waals surface area contributed by atoms with E-state index in [1.165, 1.54) is 0 Å². The minimum atomic E-state index is -0.540. The van der Waals surface area contributed by atoms with Crippen molar-refractivity contribution < 1.29 is 14.3 Å². The number of hydrogen-bond acceptors (Lipinski definition) is 3. The molecule has 0 unspecified atom stereocenters.